The second-order valence-electron chi connectivity index (χ2n) is 7.39. The van der Waals surface area contributed by atoms with Crippen LogP contribution in [0.5, 0.6) is 0 Å². The van der Waals surface area contributed by atoms with Crippen LogP contribution in [0, 0.1) is 5.82 Å². The molecule has 6 heteroatoms. The van der Waals surface area contributed by atoms with Gasteiger partial charge in [0.1, 0.15) is 5.82 Å². The van der Waals surface area contributed by atoms with Crippen LogP contribution in [0.2, 0.25) is 0 Å². The topological polar surface area (TPSA) is 70.7 Å². The molecule has 0 spiro atoms. The molecule has 5 aromatic rings. The molecule has 2 N–H and O–H groups in total. The highest BCUT2D eigenvalue weighted by Gasteiger charge is 2.20. The quantitative estimate of drug-likeness (QED) is 0.401. The smallest absolute Gasteiger partial charge is 0.252 e. The Morgan fingerprint density at radius 1 is 0.875 bits per heavy atom. The summed E-state index contributed by atoms with van der Waals surface area (Å²) in [7, 11) is 0. The standard InChI is InChI=1S/C26H19FN4O/c27-20-13-11-18(12-14-20)22-15-21(26(32)28-16-17-7-3-1-4-8-17)23-24(30-31-25(23)29-22)19-9-5-2-6-10-19/h1-15H,16H2,(H,28,32)(H,29,30,31). The van der Waals surface area contributed by atoms with Gasteiger partial charge in [-0.3, -0.25) is 9.89 Å². The van der Waals surface area contributed by atoms with Crippen LogP contribution in [0.1, 0.15) is 15.9 Å². The van der Waals surface area contributed by atoms with E-state index in [9.17, 15) is 9.18 Å². The Bertz CT molecular complexity index is 1380. The Kier molecular flexibility index (Phi) is 5.17. The van der Waals surface area contributed by atoms with Crippen LogP contribution in [-0.4, -0.2) is 21.1 Å². The molecule has 0 saturated heterocycles. The number of fused-ring (bicyclic) bond motifs is 1. The minimum absolute atomic E-state index is 0.233. The summed E-state index contributed by atoms with van der Waals surface area (Å²) < 4.78 is 13.4. The zero-order valence-corrected chi connectivity index (χ0v) is 17.0. The van der Waals surface area contributed by atoms with Gasteiger partial charge in [0.2, 0.25) is 0 Å². The fourth-order valence-corrected chi connectivity index (χ4v) is 3.66. The lowest BCUT2D eigenvalue weighted by Crippen LogP contribution is -2.23. The number of amides is 1. The minimum atomic E-state index is -0.332. The molecule has 0 radical (unpaired) electrons. The van der Waals surface area contributed by atoms with Crippen molar-refractivity contribution in [2.75, 3.05) is 0 Å². The van der Waals surface area contributed by atoms with Crippen LogP contribution < -0.4 is 5.32 Å². The van der Waals surface area contributed by atoms with Crippen molar-refractivity contribution in [3.63, 3.8) is 0 Å². The largest absolute Gasteiger partial charge is 0.348 e. The first-order chi connectivity index (χ1) is 15.7. The van der Waals surface area contributed by atoms with Crippen LogP contribution in [0.15, 0.2) is 91.0 Å². The number of nitrogens with zero attached hydrogens (tertiary/aromatic N) is 2. The molecule has 0 saturated carbocycles. The molecule has 2 aromatic heterocycles. The molecule has 2 heterocycles. The van der Waals surface area contributed by atoms with E-state index in [0.717, 1.165) is 16.8 Å². The van der Waals surface area contributed by atoms with Gasteiger partial charge in [-0.15, -0.1) is 0 Å². The average molecular weight is 422 g/mol. The van der Waals surface area contributed by atoms with Gasteiger partial charge in [-0.2, -0.15) is 5.10 Å². The number of hydrogen-bond acceptors (Lipinski definition) is 3. The van der Waals surface area contributed by atoms with E-state index < -0.39 is 0 Å². The maximum absolute atomic E-state index is 13.4. The number of halogens is 1. The maximum Gasteiger partial charge on any atom is 0.252 e. The monoisotopic (exact) mass is 422 g/mol. The molecule has 5 nitrogen and oxygen atoms in total. The third-order valence-electron chi connectivity index (χ3n) is 5.27. The van der Waals surface area contributed by atoms with Crippen molar-refractivity contribution in [3.05, 3.63) is 108 Å². The van der Waals surface area contributed by atoms with Crippen molar-refractivity contribution in [2.24, 2.45) is 0 Å². The normalized spacial score (nSPS) is 10.9. The molecule has 0 aliphatic carbocycles. The highest BCUT2D eigenvalue weighted by molar-refractivity contribution is 6.10. The van der Waals surface area contributed by atoms with Gasteiger partial charge in [0, 0.05) is 17.7 Å². The molecule has 0 aliphatic rings. The lowest BCUT2D eigenvalue weighted by molar-refractivity contribution is 0.0952. The van der Waals surface area contributed by atoms with Crippen LogP contribution in [-0.2, 0) is 6.54 Å². The molecule has 1 amide bonds. The molecule has 5 rings (SSSR count). The third kappa shape index (κ3) is 3.86. The Hall–Kier alpha value is -4.32. The number of rotatable bonds is 5. The lowest BCUT2D eigenvalue weighted by atomic mass is 10.0. The zero-order chi connectivity index (χ0) is 21.9. The van der Waals surface area contributed by atoms with Crippen LogP contribution in [0.4, 0.5) is 4.39 Å². The van der Waals surface area contributed by atoms with Gasteiger partial charge in [0.05, 0.1) is 22.3 Å². The molecule has 0 fully saturated rings. The summed E-state index contributed by atoms with van der Waals surface area (Å²) in [5, 5.41) is 11.0. The number of pyridine rings is 1. The molecule has 0 aliphatic heterocycles. The number of benzene rings is 3. The summed E-state index contributed by atoms with van der Waals surface area (Å²) in [6.07, 6.45) is 0. The van der Waals surface area contributed by atoms with E-state index in [1.165, 1.54) is 12.1 Å². The minimum Gasteiger partial charge on any atom is -0.348 e. The van der Waals surface area contributed by atoms with Crippen LogP contribution in [0.25, 0.3) is 33.5 Å². The average Bonchev–Trinajstić information content (AvgIpc) is 3.28. The predicted molar refractivity (Wildman–Crippen MR) is 122 cm³/mol. The van der Waals surface area contributed by atoms with E-state index >= 15 is 0 Å². The Morgan fingerprint density at radius 3 is 2.28 bits per heavy atom. The van der Waals surface area contributed by atoms with E-state index in [4.69, 9.17) is 0 Å². The second-order valence-corrected chi connectivity index (χ2v) is 7.39. The van der Waals surface area contributed by atoms with Crippen molar-refractivity contribution in [3.8, 4) is 22.5 Å². The molecule has 0 atom stereocenters. The number of nitrogens with one attached hydrogen (secondary N) is 2. The van der Waals surface area contributed by atoms with Gasteiger partial charge < -0.3 is 5.32 Å². The van der Waals surface area contributed by atoms with Gasteiger partial charge in [-0.05, 0) is 35.9 Å². The molecule has 3 aromatic carbocycles. The van der Waals surface area contributed by atoms with Crippen molar-refractivity contribution >= 4 is 16.9 Å². The molecular weight excluding hydrogens is 403 g/mol. The summed E-state index contributed by atoms with van der Waals surface area (Å²) in [6.45, 7) is 0.397. The van der Waals surface area contributed by atoms with Crippen LogP contribution in [0.3, 0.4) is 0 Å². The fourth-order valence-electron chi connectivity index (χ4n) is 3.66. The number of aromatic amines is 1. The van der Waals surface area contributed by atoms with Gasteiger partial charge in [-0.25, -0.2) is 9.37 Å². The van der Waals surface area contributed by atoms with Gasteiger partial charge in [-0.1, -0.05) is 60.7 Å². The Morgan fingerprint density at radius 2 is 1.56 bits per heavy atom. The van der Waals surface area contributed by atoms with Gasteiger partial charge >= 0.3 is 0 Å². The fraction of sp³-hybridized carbons (Fsp3) is 0.0385. The summed E-state index contributed by atoms with van der Waals surface area (Å²) in [6, 6.07) is 27.2. The summed E-state index contributed by atoms with van der Waals surface area (Å²) >= 11 is 0. The second kappa shape index (κ2) is 8.43. The number of carbonyl (C=O) groups is 1. The van der Waals surface area contributed by atoms with E-state index in [1.54, 1.807) is 18.2 Å². The van der Waals surface area contributed by atoms with Crippen LogP contribution >= 0.6 is 0 Å². The van der Waals surface area contributed by atoms with Gasteiger partial charge in [0.25, 0.3) is 5.91 Å². The Balaban J connectivity index is 1.62. The third-order valence-corrected chi connectivity index (χ3v) is 5.27. The lowest BCUT2D eigenvalue weighted by Gasteiger charge is -2.10. The SMILES string of the molecule is O=C(NCc1ccccc1)c1cc(-c2ccc(F)cc2)nc2n[nH]c(-c3ccccc3)c12. The first kappa shape index (κ1) is 19.6. The Labute approximate surface area is 184 Å². The number of carbonyl (C=O) groups excluding carboxylic acids is 1. The van der Waals surface area contributed by atoms with E-state index in [2.05, 4.69) is 20.5 Å². The highest BCUT2D eigenvalue weighted by Crippen LogP contribution is 2.31. The molecule has 0 unspecified atom stereocenters. The summed E-state index contributed by atoms with van der Waals surface area (Å²) in [5.41, 5.74) is 4.77. The number of H-pyrrole nitrogens is 1. The van der Waals surface area contributed by atoms with E-state index in [-0.39, 0.29) is 11.7 Å². The van der Waals surface area contributed by atoms with Gasteiger partial charge in [0.15, 0.2) is 5.65 Å². The molecule has 156 valence electrons. The molecule has 0 bridgehead atoms. The highest BCUT2D eigenvalue weighted by atomic mass is 19.1. The number of hydrogen-bond donors (Lipinski definition) is 2. The van der Waals surface area contributed by atoms with Crippen molar-refractivity contribution < 1.29 is 9.18 Å². The maximum atomic E-state index is 13.4. The van der Waals surface area contributed by atoms with Crippen molar-refractivity contribution in [2.45, 2.75) is 6.54 Å². The first-order valence-electron chi connectivity index (χ1n) is 10.2. The van der Waals surface area contributed by atoms with Crippen molar-refractivity contribution in [1.82, 2.24) is 20.5 Å². The summed E-state index contributed by atoms with van der Waals surface area (Å²) in [5.74, 6) is -0.565. The summed E-state index contributed by atoms with van der Waals surface area (Å²) in [4.78, 5) is 17.9. The van der Waals surface area contributed by atoms with Crippen molar-refractivity contribution in [1.29, 1.82) is 0 Å². The molecule has 32 heavy (non-hydrogen) atoms. The van der Waals surface area contributed by atoms with E-state index in [1.807, 2.05) is 60.7 Å². The predicted octanol–water partition coefficient (Wildman–Crippen LogP) is 5.36. The molecular formula is C26H19FN4O. The first-order valence-corrected chi connectivity index (χ1v) is 10.2. The van der Waals surface area contributed by atoms with E-state index in [0.29, 0.717) is 34.4 Å². The number of aromatic nitrogens is 3. The zero-order valence-electron chi connectivity index (χ0n) is 17.0.